The number of anilines is 1. The molecular weight excluding hydrogens is 647 g/mol. The molecule has 0 bridgehead atoms. The van der Waals surface area contributed by atoms with E-state index in [1.54, 1.807) is 12.3 Å². The number of aromatic amines is 1. The Hall–Kier alpha value is -4.68. The number of nitrogens with one attached hydrogen (secondary N) is 1. The van der Waals surface area contributed by atoms with Crippen LogP contribution in [0.4, 0.5) is 10.1 Å². The van der Waals surface area contributed by atoms with Crippen molar-refractivity contribution < 1.29 is 23.8 Å². The lowest BCUT2D eigenvalue weighted by Crippen LogP contribution is -2.49. The molecule has 3 fully saturated rings. The average molecular weight is 689 g/mol. The van der Waals surface area contributed by atoms with Crippen molar-refractivity contribution in [2.24, 2.45) is 5.92 Å². The molecular formula is C40H41FN6O4. The summed E-state index contributed by atoms with van der Waals surface area (Å²) in [6, 6.07) is 17.0. The molecule has 2 aromatic carbocycles. The summed E-state index contributed by atoms with van der Waals surface area (Å²) in [5, 5.41) is 11.6. The number of halogens is 1. The number of aliphatic hydroxyl groups excluding tert-OH is 1. The van der Waals surface area contributed by atoms with Crippen LogP contribution in [0.5, 0.6) is 5.75 Å². The second-order valence-electron chi connectivity index (χ2n) is 14.3. The normalized spacial score (nSPS) is 18.8. The fraction of sp³-hybridized carbons (Fsp3) is 0.375. The van der Waals surface area contributed by atoms with Gasteiger partial charge in [-0.3, -0.25) is 14.7 Å². The number of benzene rings is 2. The first kappa shape index (κ1) is 32.2. The first-order chi connectivity index (χ1) is 25.0. The van der Waals surface area contributed by atoms with Gasteiger partial charge in [0.15, 0.2) is 0 Å². The lowest BCUT2D eigenvalue weighted by Gasteiger charge is -2.38. The van der Waals surface area contributed by atoms with Crippen molar-refractivity contribution in [3.63, 3.8) is 0 Å². The largest absolute Gasteiger partial charge is 0.491 e. The molecule has 3 aliphatic heterocycles. The summed E-state index contributed by atoms with van der Waals surface area (Å²) in [5.74, 6) is 0.267. The van der Waals surface area contributed by atoms with E-state index >= 15 is 4.39 Å². The fourth-order valence-electron chi connectivity index (χ4n) is 7.75. The predicted octanol–water partition coefficient (Wildman–Crippen LogP) is 5.60. The topological polar surface area (TPSA) is 107 Å². The zero-order chi connectivity index (χ0) is 34.5. The molecule has 0 radical (unpaired) electrons. The molecule has 0 unspecified atom stereocenters. The highest BCUT2D eigenvalue weighted by Crippen LogP contribution is 2.44. The second-order valence-corrected chi connectivity index (χ2v) is 14.3. The Morgan fingerprint density at radius 3 is 2.53 bits per heavy atom. The molecule has 4 aliphatic rings. The van der Waals surface area contributed by atoms with Crippen LogP contribution in [0.3, 0.4) is 0 Å². The van der Waals surface area contributed by atoms with Crippen molar-refractivity contribution in [3.8, 4) is 28.3 Å². The minimum absolute atomic E-state index is 0.0658. The Kier molecular flexibility index (Phi) is 8.51. The highest BCUT2D eigenvalue weighted by Gasteiger charge is 2.33. The van der Waals surface area contributed by atoms with Gasteiger partial charge in [0.1, 0.15) is 29.4 Å². The van der Waals surface area contributed by atoms with Crippen molar-refractivity contribution in [3.05, 3.63) is 95.1 Å². The van der Waals surface area contributed by atoms with Crippen LogP contribution in [0.15, 0.2) is 67.0 Å². The van der Waals surface area contributed by atoms with Crippen LogP contribution >= 0.6 is 0 Å². The zero-order valence-electron chi connectivity index (χ0n) is 28.5. The number of ether oxygens (including phenoxy) is 2. The van der Waals surface area contributed by atoms with Crippen LogP contribution in [-0.4, -0.2) is 94.9 Å². The number of hydrogen-bond donors (Lipinski definition) is 2. The van der Waals surface area contributed by atoms with Gasteiger partial charge in [-0.05, 0) is 77.4 Å². The number of carbonyl (C=O) groups excluding carboxylic acids is 1. The number of aromatic nitrogens is 3. The fourth-order valence-corrected chi connectivity index (χ4v) is 7.75. The number of piperazine rings is 1. The van der Waals surface area contributed by atoms with Crippen LogP contribution in [0, 0.1) is 11.7 Å². The van der Waals surface area contributed by atoms with Crippen molar-refractivity contribution >= 4 is 22.6 Å². The van der Waals surface area contributed by atoms with Gasteiger partial charge in [0.2, 0.25) is 0 Å². The van der Waals surface area contributed by atoms with Gasteiger partial charge in [0.25, 0.3) is 5.91 Å². The number of amides is 1. The lowest BCUT2D eigenvalue weighted by atomic mass is 9.96. The van der Waals surface area contributed by atoms with E-state index in [1.807, 2.05) is 42.6 Å². The van der Waals surface area contributed by atoms with Gasteiger partial charge in [0, 0.05) is 68.5 Å². The van der Waals surface area contributed by atoms with E-state index in [0.29, 0.717) is 28.7 Å². The van der Waals surface area contributed by atoms with E-state index in [1.165, 1.54) is 16.5 Å². The summed E-state index contributed by atoms with van der Waals surface area (Å²) in [6.45, 7) is 8.20. The minimum atomic E-state index is -0.570. The van der Waals surface area contributed by atoms with Gasteiger partial charge in [-0.2, -0.15) is 0 Å². The van der Waals surface area contributed by atoms with Gasteiger partial charge < -0.3 is 29.4 Å². The van der Waals surface area contributed by atoms with E-state index in [4.69, 9.17) is 14.5 Å². The van der Waals surface area contributed by atoms with E-state index in [-0.39, 0.29) is 31.1 Å². The SMILES string of the molecule is O=C1c2c(F)cc(C3CC3)cc2OCCN1c1cccc(-c2ccnc3[nH]c(-c4ccc(CN5CCN(CC6COC6)CC5)cn4)cc23)c1CO. The first-order valence-electron chi connectivity index (χ1n) is 18.0. The molecule has 262 valence electrons. The number of hydrogen-bond acceptors (Lipinski definition) is 8. The molecule has 10 nitrogen and oxygen atoms in total. The molecule has 5 aromatic rings. The molecule has 1 amide bonds. The van der Waals surface area contributed by atoms with Crippen molar-refractivity contribution in [1.82, 2.24) is 24.8 Å². The number of pyridine rings is 2. The van der Waals surface area contributed by atoms with Gasteiger partial charge in [-0.25, -0.2) is 9.37 Å². The number of carbonyl (C=O) groups is 1. The molecule has 0 atom stereocenters. The van der Waals surface area contributed by atoms with Crippen LogP contribution in [0.2, 0.25) is 0 Å². The molecule has 2 saturated heterocycles. The maximum absolute atomic E-state index is 15.5. The van der Waals surface area contributed by atoms with E-state index in [9.17, 15) is 9.90 Å². The highest BCUT2D eigenvalue weighted by molar-refractivity contribution is 6.09. The third-order valence-corrected chi connectivity index (χ3v) is 10.8. The summed E-state index contributed by atoms with van der Waals surface area (Å²) >= 11 is 0. The third kappa shape index (κ3) is 6.29. The predicted molar refractivity (Wildman–Crippen MR) is 192 cm³/mol. The van der Waals surface area contributed by atoms with Crippen LogP contribution in [-0.2, 0) is 17.9 Å². The van der Waals surface area contributed by atoms with Gasteiger partial charge >= 0.3 is 0 Å². The van der Waals surface area contributed by atoms with Gasteiger partial charge in [0.05, 0.1) is 43.4 Å². The zero-order valence-corrected chi connectivity index (χ0v) is 28.5. The molecule has 3 aromatic heterocycles. The number of H-pyrrole nitrogens is 1. The third-order valence-electron chi connectivity index (χ3n) is 10.8. The number of aliphatic hydroxyl groups is 1. The molecule has 1 saturated carbocycles. The molecule has 9 rings (SSSR count). The highest BCUT2D eigenvalue weighted by atomic mass is 19.1. The Bertz CT molecular complexity index is 2090. The van der Waals surface area contributed by atoms with Crippen LogP contribution in [0.1, 0.15) is 45.8 Å². The number of rotatable bonds is 9. The number of nitrogens with zero attached hydrogens (tertiary/aromatic N) is 5. The van der Waals surface area contributed by atoms with Crippen molar-refractivity contribution in [2.45, 2.75) is 31.9 Å². The molecule has 2 N–H and O–H groups in total. The molecule has 51 heavy (non-hydrogen) atoms. The lowest BCUT2D eigenvalue weighted by molar-refractivity contribution is -0.0513. The standard InChI is InChI=1S/C40H41FN6O4/c41-33-16-28(27-5-6-27)17-37-38(33)40(49)47(14-15-51-37)36-3-1-2-29(32(36)22-48)30-8-9-42-39-31(30)18-35(44-39)34-7-4-25(19-43-34)20-45-10-12-46(13-11-45)21-26-23-50-24-26/h1-4,7-9,16-19,26-27,48H,5-6,10-15,20-24H2,(H,42,44). The molecule has 0 spiro atoms. The average Bonchev–Trinajstić information content (AvgIpc) is 3.92. The maximum atomic E-state index is 15.5. The Morgan fingerprint density at radius 1 is 0.941 bits per heavy atom. The minimum Gasteiger partial charge on any atom is -0.491 e. The maximum Gasteiger partial charge on any atom is 0.265 e. The molecule has 6 heterocycles. The van der Waals surface area contributed by atoms with E-state index in [2.05, 4.69) is 25.8 Å². The molecule has 1 aliphatic carbocycles. The van der Waals surface area contributed by atoms with Gasteiger partial charge in [-0.1, -0.05) is 18.2 Å². The van der Waals surface area contributed by atoms with Crippen molar-refractivity contribution in [2.75, 3.05) is 64.0 Å². The van der Waals surface area contributed by atoms with Crippen molar-refractivity contribution in [1.29, 1.82) is 0 Å². The Labute approximate surface area is 295 Å². The summed E-state index contributed by atoms with van der Waals surface area (Å²) in [7, 11) is 0. The van der Waals surface area contributed by atoms with Crippen LogP contribution < -0.4 is 9.64 Å². The summed E-state index contributed by atoms with van der Waals surface area (Å²) in [5.41, 5.74) is 7.04. The first-order valence-corrected chi connectivity index (χ1v) is 18.0. The van der Waals surface area contributed by atoms with E-state index in [0.717, 1.165) is 98.8 Å². The second kappa shape index (κ2) is 13.5. The molecule has 11 heteroatoms. The monoisotopic (exact) mass is 688 g/mol. The van der Waals surface area contributed by atoms with Crippen LogP contribution in [0.25, 0.3) is 33.5 Å². The summed E-state index contributed by atoms with van der Waals surface area (Å²) < 4.78 is 26.7. The Balaban J connectivity index is 0.961. The summed E-state index contributed by atoms with van der Waals surface area (Å²) in [6.07, 6.45) is 5.73. The quantitative estimate of drug-likeness (QED) is 0.206. The summed E-state index contributed by atoms with van der Waals surface area (Å²) in [4.78, 5) is 33.4. The smallest absolute Gasteiger partial charge is 0.265 e. The van der Waals surface area contributed by atoms with E-state index < -0.39 is 11.7 Å². The Morgan fingerprint density at radius 2 is 1.78 bits per heavy atom. The number of fused-ring (bicyclic) bond motifs is 2. The van der Waals surface area contributed by atoms with Gasteiger partial charge in [-0.15, -0.1) is 0 Å².